The van der Waals surface area contributed by atoms with Crippen molar-refractivity contribution in [3.63, 3.8) is 0 Å². The molecule has 0 atom stereocenters. The predicted octanol–water partition coefficient (Wildman–Crippen LogP) is 14.8. The SMILES string of the molecule is Cc1cc(-c2[c-]cccc2)ncc1-c1ccccc1-c1cc(-c2ccccc2-c2[c-]nc(-c3[c-]cccc3)cc2)cc(-c2ccccc2-c2ccc(-c3[c-]cccc3)nc2)c1.[CH3-].[Ir]. The molecule has 0 aliphatic rings. The van der Waals surface area contributed by atoms with Crippen LogP contribution >= 0.6 is 0 Å². The van der Waals surface area contributed by atoms with E-state index in [1.165, 1.54) is 0 Å². The molecule has 1 radical (unpaired) electrons. The molecule has 0 unspecified atom stereocenters. The summed E-state index contributed by atoms with van der Waals surface area (Å²) in [5.41, 5.74) is 19.6. The Hall–Kier alpha value is -7.36. The Balaban J connectivity index is 0.00000272. The second-order valence-electron chi connectivity index (χ2n) is 14.9. The zero-order valence-electron chi connectivity index (χ0n) is 34.8. The van der Waals surface area contributed by atoms with E-state index in [-0.39, 0.29) is 27.5 Å². The van der Waals surface area contributed by atoms with Gasteiger partial charge >= 0.3 is 0 Å². The predicted molar refractivity (Wildman–Crippen MR) is 255 cm³/mol. The van der Waals surface area contributed by atoms with Crippen LogP contribution in [-0.2, 0) is 20.1 Å². The molecule has 0 aliphatic carbocycles. The van der Waals surface area contributed by atoms with Gasteiger partial charge in [-0.25, -0.2) is 0 Å². The minimum absolute atomic E-state index is 0. The summed E-state index contributed by atoms with van der Waals surface area (Å²) in [5, 5.41) is 0. The average Bonchev–Trinajstić information content (AvgIpc) is 3.35. The Bertz CT molecular complexity index is 2970. The molecule has 3 aromatic heterocycles. The first-order valence-corrected chi connectivity index (χ1v) is 20.3. The van der Waals surface area contributed by atoms with E-state index < -0.39 is 0 Å². The number of benzene rings is 7. The maximum absolute atomic E-state index is 4.94. The molecule has 3 nitrogen and oxygen atoms in total. The van der Waals surface area contributed by atoms with Crippen LogP contribution in [0.1, 0.15) is 5.56 Å². The fourth-order valence-electron chi connectivity index (χ4n) is 8.03. The minimum Gasteiger partial charge on any atom is -0.358 e. The van der Waals surface area contributed by atoms with E-state index in [0.29, 0.717) is 0 Å². The van der Waals surface area contributed by atoms with E-state index >= 15 is 0 Å². The first kappa shape index (κ1) is 42.3. The fraction of sp³-hybridized carbons (Fsp3) is 0.0169. The second kappa shape index (κ2) is 19.1. The Morgan fingerprint density at radius 2 is 0.794 bits per heavy atom. The number of aryl methyl sites for hydroxylation is 1. The average molecular weight is 983 g/mol. The zero-order chi connectivity index (χ0) is 41.0. The molecule has 4 heteroatoms. The van der Waals surface area contributed by atoms with Crippen molar-refractivity contribution in [1.82, 2.24) is 15.0 Å². The van der Waals surface area contributed by atoms with Crippen LogP contribution in [0.4, 0.5) is 0 Å². The van der Waals surface area contributed by atoms with Crippen molar-refractivity contribution >= 4 is 0 Å². The van der Waals surface area contributed by atoms with E-state index in [0.717, 1.165) is 106 Å². The van der Waals surface area contributed by atoms with Crippen LogP contribution in [0.2, 0.25) is 0 Å². The van der Waals surface area contributed by atoms with Crippen molar-refractivity contribution in [3.8, 4) is 101 Å². The van der Waals surface area contributed by atoms with Gasteiger partial charge in [0, 0.05) is 38.1 Å². The summed E-state index contributed by atoms with van der Waals surface area (Å²) in [6, 6.07) is 77.0. The topological polar surface area (TPSA) is 38.7 Å². The Kier molecular flexibility index (Phi) is 12.9. The second-order valence-corrected chi connectivity index (χ2v) is 14.9. The number of pyridine rings is 3. The molecule has 0 bridgehead atoms. The fourth-order valence-corrected chi connectivity index (χ4v) is 8.03. The van der Waals surface area contributed by atoms with Crippen LogP contribution in [0.15, 0.2) is 207 Å². The smallest absolute Gasteiger partial charge is 0.0242 e. The number of nitrogens with zero attached hydrogens (tertiary/aromatic N) is 3. The number of aromatic nitrogens is 3. The molecule has 305 valence electrons. The third-order valence-electron chi connectivity index (χ3n) is 11.1. The minimum atomic E-state index is 0. The molecule has 0 saturated carbocycles. The molecule has 63 heavy (non-hydrogen) atoms. The molecule has 0 aliphatic heterocycles. The van der Waals surface area contributed by atoms with Gasteiger partial charge in [0.2, 0.25) is 0 Å². The van der Waals surface area contributed by atoms with Gasteiger partial charge in [0.05, 0.1) is 0 Å². The van der Waals surface area contributed by atoms with E-state index in [1.807, 2.05) is 79.1 Å². The van der Waals surface area contributed by atoms with Gasteiger partial charge in [0.15, 0.2) is 0 Å². The van der Waals surface area contributed by atoms with Gasteiger partial charge in [0.1, 0.15) is 0 Å². The van der Waals surface area contributed by atoms with Gasteiger partial charge in [-0.1, -0.05) is 102 Å². The van der Waals surface area contributed by atoms with E-state index in [4.69, 9.17) is 15.0 Å². The van der Waals surface area contributed by atoms with Crippen LogP contribution in [0.25, 0.3) is 101 Å². The molecule has 3 heterocycles. The van der Waals surface area contributed by atoms with Crippen LogP contribution in [0.5, 0.6) is 0 Å². The summed E-state index contributed by atoms with van der Waals surface area (Å²) in [6.07, 6.45) is 7.34. The Labute approximate surface area is 384 Å². The molecule has 0 fully saturated rings. The first-order valence-electron chi connectivity index (χ1n) is 20.3. The Morgan fingerprint density at radius 3 is 1.29 bits per heavy atom. The molecule has 10 aromatic rings. The van der Waals surface area contributed by atoms with Gasteiger partial charge in [-0.05, 0) is 98.5 Å². The molecular weight excluding hydrogens is 943 g/mol. The third-order valence-corrected chi connectivity index (χ3v) is 11.1. The molecule has 7 aromatic carbocycles. The molecule has 10 rings (SSSR count). The molecule has 0 saturated heterocycles. The summed E-state index contributed by atoms with van der Waals surface area (Å²) in [4.78, 5) is 14.6. The first-order chi connectivity index (χ1) is 30.2. The molecule has 0 spiro atoms. The van der Waals surface area contributed by atoms with Crippen molar-refractivity contribution in [3.05, 3.63) is 244 Å². The van der Waals surface area contributed by atoms with Gasteiger partial charge < -0.3 is 22.4 Å². The summed E-state index contributed by atoms with van der Waals surface area (Å²) >= 11 is 0. The van der Waals surface area contributed by atoms with E-state index in [1.54, 1.807) is 0 Å². The standard InChI is InChI=1S/C58H37N3.CH3.Ir/c1-40-33-58(43-21-9-4-10-22-43)61-39-55(40)54-28-16-15-27-53(54)48-35-46(51-25-13-11-23-49(51)44-29-31-56(59-37-44)41-17-5-2-6-18-41)34-47(36-48)52-26-14-12-24-50(52)45-30-32-57(60-38-45)42-19-7-3-8-20-42;;/h2-17,19,21,23-37,39H,1H3;1H3;/q-4;-1;. The van der Waals surface area contributed by atoms with E-state index in [9.17, 15) is 0 Å². The van der Waals surface area contributed by atoms with Crippen molar-refractivity contribution in [2.45, 2.75) is 6.92 Å². The molecule has 0 N–H and O–H groups in total. The summed E-state index contributed by atoms with van der Waals surface area (Å²) < 4.78 is 0. The molecule has 0 amide bonds. The largest absolute Gasteiger partial charge is 0.358 e. The molecular formula is C59H40IrN3-5. The monoisotopic (exact) mass is 983 g/mol. The van der Waals surface area contributed by atoms with Crippen LogP contribution in [0.3, 0.4) is 0 Å². The third kappa shape index (κ3) is 8.87. The van der Waals surface area contributed by atoms with Gasteiger partial charge in [-0.15, -0.1) is 125 Å². The van der Waals surface area contributed by atoms with Gasteiger partial charge in [-0.3, -0.25) is 0 Å². The maximum Gasteiger partial charge on any atom is 0.0242 e. The van der Waals surface area contributed by atoms with Crippen LogP contribution in [0, 0.1) is 38.7 Å². The number of hydrogen-bond acceptors (Lipinski definition) is 3. The van der Waals surface area contributed by atoms with Crippen LogP contribution < -0.4 is 0 Å². The number of rotatable bonds is 9. The Morgan fingerprint density at radius 1 is 0.349 bits per heavy atom. The van der Waals surface area contributed by atoms with Crippen molar-refractivity contribution in [2.75, 3.05) is 0 Å². The van der Waals surface area contributed by atoms with Crippen molar-refractivity contribution in [2.24, 2.45) is 0 Å². The van der Waals surface area contributed by atoms with Crippen molar-refractivity contribution in [1.29, 1.82) is 0 Å². The summed E-state index contributed by atoms with van der Waals surface area (Å²) in [6.45, 7) is 2.16. The maximum atomic E-state index is 4.94. The van der Waals surface area contributed by atoms with Crippen molar-refractivity contribution < 1.29 is 20.1 Å². The van der Waals surface area contributed by atoms with Gasteiger partial charge in [-0.2, -0.15) is 0 Å². The summed E-state index contributed by atoms with van der Waals surface area (Å²) in [7, 11) is 0. The van der Waals surface area contributed by atoms with Gasteiger partial charge in [0.25, 0.3) is 0 Å². The number of hydrogen-bond donors (Lipinski definition) is 0. The zero-order valence-corrected chi connectivity index (χ0v) is 37.2. The quantitative estimate of drug-likeness (QED) is 0.135. The van der Waals surface area contributed by atoms with Crippen LogP contribution in [-0.4, -0.2) is 15.0 Å². The van der Waals surface area contributed by atoms with E-state index in [2.05, 4.69) is 159 Å². The normalized spacial score (nSPS) is 10.7. The summed E-state index contributed by atoms with van der Waals surface area (Å²) in [5.74, 6) is 0.